The Morgan fingerprint density at radius 2 is 1.01 bits per heavy atom. The van der Waals surface area contributed by atoms with Crippen molar-refractivity contribution in [2.24, 2.45) is 0 Å². The maximum Gasteiger partial charge on any atom is 0.335 e. The van der Waals surface area contributed by atoms with E-state index in [-0.39, 0.29) is 32.7 Å². The summed E-state index contributed by atoms with van der Waals surface area (Å²) >= 11 is 6.19. The highest BCUT2D eigenvalue weighted by Gasteiger charge is 2.29. The maximum absolute atomic E-state index is 13.5. The molecule has 1 saturated heterocycles. The van der Waals surface area contributed by atoms with Crippen LogP contribution in [0.25, 0.3) is 66.5 Å². The standard InChI is InChI=1S/C21H18ClN5O2S.C19H16N6O.C18H14N6O2.C7H7NO2.C4H8O/c1-13-2-6-16(7-3-13)30(28,29)27-12-17(14-8-10-23-11-9-14)18-19(24-15-4-5-15)25-21(22)26-20(18)27;1-11(26)12-2-4-14(5-3-12)23-19-24-17(20)16-15(10-22-18(16)25-19)13-6-8-21-9-7-13;19-15-14-13(10-5-7-20-8-6-10)9-21-16(14)24-18(23-15)22-12-3-1-11(2-4-12)17(25)26;8-6-3-1-5(2-4-6)7(9)10;1-2-4-5-3-1/h2-3,6-12,15H,4-5H2,1H3,(H,24,25,26);2-10H,1H3,(H4,20,22,23,24,25);1-9H,(H,25,26)(H4,19,21,22,23,24);1-4H,8H2,(H,9,10);1-4H2. The summed E-state index contributed by atoms with van der Waals surface area (Å²) in [5.41, 5.74) is 28.6. The molecule has 28 heteroatoms. The molecule has 490 valence electrons. The number of anilines is 8. The van der Waals surface area contributed by atoms with Crippen LogP contribution >= 0.6 is 11.6 Å². The summed E-state index contributed by atoms with van der Waals surface area (Å²) < 4.78 is 33.1. The van der Waals surface area contributed by atoms with Crippen molar-refractivity contribution in [3.05, 3.63) is 217 Å². The van der Waals surface area contributed by atoms with E-state index in [1.54, 1.807) is 116 Å². The molecule has 1 aliphatic carbocycles. The molecule has 1 aliphatic heterocycles. The number of ether oxygens (including phenoxy) is 1. The van der Waals surface area contributed by atoms with E-state index in [1.807, 2.05) is 55.7 Å². The minimum atomic E-state index is -3.89. The van der Waals surface area contributed by atoms with Gasteiger partial charge in [-0.15, -0.1) is 0 Å². The zero-order valence-electron chi connectivity index (χ0n) is 52.1. The predicted octanol–water partition coefficient (Wildman–Crippen LogP) is 12.6. The topological polar surface area (TPSA) is 402 Å². The maximum atomic E-state index is 13.5. The molecule has 0 unspecified atom stereocenters. The van der Waals surface area contributed by atoms with Crippen molar-refractivity contribution in [1.29, 1.82) is 0 Å². The van der Waals surface area contributed by atoms with Gasteiger partial charge in [0.25, 0.3) is 10.0 Å². The van der Waals surface area contributed by atoms with Crippen LogP contribution in [0, 0.1) is 6.92 Å². The van der Waals surface area contributed by atoms with Crippen LogP contribution in [0.1, 0.15) is 69.2 Å². The molecule has 9 aromatic heterocycles. The summed E-state index contributed by atoms with van der Waals surface area (Å²) in [6.45, 7) is 5.44. The fourth-order valence-corrected chi connectivity index (χ4v) is 11.5. The van der Waals surface area contributed by atoms with Gasteiger partial charge in [0, 0.05) is 114 Å². The van der Waals surface area contributed by atoms with E-state index in [2.05, 4.69) is 70.8 Å². The van der Waals surface area contributed by atoms with Crippen LogP contribution in [0.3, 0.4) is 0 Å². The Hall–Kier alpha value is -12.2. The van der Waals surface area contributed by atoms with Gasteiger partial charge in [0.15, 0.2) is 11.4 Å². The predicted molar refractivity (Wildman–Crippen MR) is 374 cm³/mol. The number of carboxylic acid groups (broad SMARTS) is 2. The Labute approximate surface area is 559 Å². The Morgan fingerprint density at radius 1 is 0.567 bits per heavy atom. The second-order valence-electron chi connectivity index (χ2n) is 22.1. The number of rotatable bonds is 14. The number of halogens is 1. The summed E-state index contributed by atoms with van der Waals surface area (Å²) in [4.78, 5) is 77.4. The third-order valence-corrected chi connectivity index (χ3v) is 16.9. The van der Waals surface area contributed by atoms with E-state index in [0.29, 0.717) is 74.6 Å². The molecule has 2 fully saturated rings. The molecule has 97 heavy (non-hydrogen) atoms. The van der Waals surface area contributed by atoms with Crippen LogP contribution in [0.5, 0.6) is 0 Å². The molecule has 26 nitrogen and oxygen atoms in total. The van der Waals surface area contributed by atoms with Crippen LogP contribution in [-0.4, -0.2) is 114 Å². The number of carbonyl (C=O) groups is 3. The Morgan fingerprint density at radius 3 is 1.43 bits per heavy atom. The van der Waals surface area contributed by atoms with Crippen molar-refractivity contribution in [2.45, 2.75) is 50.5 Å². The quantitative estimate of drug-likeness (QED) is 0.0275. The van der Waals surface area contributed by atoms with Crippen molar-refractivity contribution < 1.29 is 37.8 Å². The van der Waals surface area contributed by atoms with Crippen LogP contribution in [0.4, 0.5) is 46.4 Å². The number of hydrogen-bond donors (Lipinski definition) is 10. The van der Waals surface area contributed by atoms with Gasteiger partial charge in [-0.3, -0.25) is 19.7 Å². The molecule has 0 bridgehead atoms. The van der Waals surface area contributed by atoms with Crippen LogP contribution in [-0.2, 0) is 14.8 Å². The number of carboxylic acids is 2. The number of carbonyl (C=O) groups excluding carboxylic acids is 1. The van der Waals surface area contributed by atoms with Crippen molar-refractivity contribution in [3.63, 3.8) is 0 Å². The number of aryl methyl sites for hydroxylation is 1. The molecular weight excluding hydrogens is 1280 g/mol. The zero-order chi connectivity index (χ0) is 68.2. The first-order valence-electron chi connectivity index (χ1n) is 30.2. The molecule has 2 aliphatic rings. The second-order valence-corrected chi connectivity index (χ2v) is 24.2. The number of fused-ring (bicyclic) bond motifs is 3. The van der Waals surface area contributed by atoms with E-state index in [9.17, 15) is 22.8 Å². The third kappa shape index (κ3) is 16.2. The molecular formula is C69H63ClN18O8S. The van der Waals surface area contributed by atoms with E-state index in [4.69, 9.17) is 43.8 Å². The van der Waals surface area contributed by atoms with Gasteiger partial charge >= 0.3 is 11.9 Å². The van der Waals surface area contributed by atoms with Crippen molar-refractivity contribution in [2.75, 3.05) is 46.4 Å². The number of hydrogen-bond acceptors (Lipinski definition) is 21. The molecule has 0 amide bonds. The summed E-state index contributed by atoms with van der Waals surface area (Å²) in [6, 6.07) is 37.7. The highest BCUT2D eigenvalue weighted by molar-refractivity contribution is 7.90. The van der Waals surface area contributed by atoms with Gasteiger partial charge in [-0.1, -0.05) is 17.7 Å². The minimum Gasteiger partial charge on any atom is -0.478 e. The molecule has 0 spiro atoms. The number of nitrogen functional groups attached to an aromatic ring is 3. The largest absolute Gasteiger partial charge is 0.478 e. The Bertz CT molecular complexity index is 4860. The molecule has 13 N–H and O–H groups in total. The van der Waals surface area contributed by atoms with Crippen LogP contribution in [0.15, 0.2) is 194 Å². The van der Waals surface area contributed by atoms with Crippen molar-refractivity contribution in [1.82, 2.24) is 58.8 Å². The Balaban J connectivity index is 0.000000133. The van der Waals surface area contributed by atoms with Crippen molar-refractivity contribution >= 4 is 119 Å². The number of benzene rings is 4. The molecule has 13 aromatic rings. The third-order valence-electron chi connectivity index (χ3n) is 15.1. The molecule has 15 rings (SSSR count). The summed E-state index contributed by atoms with van der Waals surface area (Å²) in [7, 11) is -3.89. The lowest BCUT2D eigenvalue weighted by Crippen LogP contribution is -2.13. The van der Waals surface area contributed by atoms with E-state index in [1.165, 1.54) is 48.0 Å². The lowest BCUT2D eigenvalue weighted by molar-refractivity contribution is 0.0686. The first kappa shape index (κ1) is 66.3. The highest BCUT2D eigenvalue weighted by atomic mass is 35.5. The number of Topliss-reactive ketones (excluding diaryl/α,β-unsaturated/α-hetero) is 1. The molecule has 4 aromatic carbocycles. The lowest BCUT2D eigenvalue weighted by atomic mass is 10.1. The zero-order valence-corrected chi connectivity index (χ0v) is 53.6. The monoisotopic (exact) mass is 1340 g/mol. The minimum absolute atomic E-state index is 0.00890. The lowest BCUT2D eigenvalue weighted by Gasteiger charge is -2.09. The number of nitrogens with one attached hydrogen (secondary N) is 5. The molecule has 0 atom stereocenters. The second kappa shape index (κ2) is 29.8. The van der Waals surface area contributed by atoms with Gasteiger partial charge < -0.3 is 58.1 Å². The SMILES string of the molecule is C1CCOC1.CC(=O)c1ccc(Nc2nc(N)c3c(-c4ccncc4)c[nH]c3n2)cc1.Cc1ccc(S(=O)(=O)n2cc(-c3ccncc3)c3c(NC4CC4)nc(Cl)nc32)cc1.Nc1ccc(C(=O)O)cc1.Nc1nc(Nc2ccc(C(=O)O)cc2)nc2[nH]cc(-c3ccncc3)c12. The number of aromatic amines is 2. The van der Waals surface area contributed by atoms with Crippen LogP contribution in [0.2, 0.25) is 5.28 Å². The number of nitrogens with two attached hydrogens (primary N) is 3. The van der Waals surface area contributed by atoms with Gasteiger partial charge in [-0.05, 0) is 189 Å². The summed E-state index contributed by atoms with van der Waals surface area (Å²) in [5, 5.41) is 29.0. The first-order valence-corrected chi connectivity index (χ1v) is 32.0. The normalized spacial score (nSPS) is 12.4. The molecule has 10 heterocycles. The van der Waals surface area contributed by atoms with Crippen LogP contribution < -0.4 is 33.2 Å². The fourth-order valence-electron chi connectivity index (χ4n) is 9.99. The highest BCUT2D eigenvalue weighted by Crippen LogP contribution is 2.39. The number of nitrogens with zero attached hydrogens (tertiary/aromatic N) is 10. The number of H-pyrrole nitrogens is 2. The summed E-state index contributed by atoms with van der Waals surface area (Å²) in [6.07, 6.45) is 20.1. The smallest absolute Gasteiger partial charge is 0.335 e. The number of ketones is 1. The molecule has 0 radical (unpaired) electrons. The van der Waals surface area contributed by atoms with Gasteiger partial charge in [-0.2, -0.15) is 24.9 Å². The average molecular weight is 1340 g/mol. The number of aromatic carboxylic acids is 2. The Kier molecular flexibility index (Phi) is 20.4. The van der Waals surface area contributed by atoms with E-state index >= 15 is 0 Å². The van der Waals surface area contributed by atoms with Gasteiger partial charge in [0.05, 0.1) is 32.2 Å². The average Bonchev–Trinajstić information content (AvgIpc) is 1.62. The molecule has 1 saturated carbocycles. The van der Waals surface area contributed by atoms with Gasteiger partial charge in [0.2, 0.25) is 17.2 Å². The number of pyridine rings is 3. The first-order chi connectivity index (χ1) is 46.9. The van der Waals surface area contributed by atoms with E-state index < -0.39 is 22.0 Å². The van der Waals surface area contributed by atoms with E-state index in [0.717, 1.165) is 75.9 Å². The van der Waals surface area contributed by atoms with Gasteiger partial charge in [0.1, 0.15) is 28.7 Å². The van der Waals surface area contributed by atoms with Gasteiger partial charge in [-0.25, -0.2) is 27.0 Å². The summed E-state index contributed by atoms with van der Waals surface area (Å²) in [5.74, 6) is 0.0766. The number of aromatic nitrogens is 12. The fraction of sp³-hybridized carbons (Fsp3) is 0.130. The van der Waals surface area contributed by atoms with Crippen molar-refractivity contribution in [3.8, 4) is 33.4 Å².